The van der Waals surface area contributed by atoms with Crippen molar-refractivity contribution in [3.8, 4) is 11.5 Å². The number of hydrogen-bond donors (Lipinski definition) is 0. The van der Waals surface area contributed by atoms with E-state index in [1.807, 2.05) is 31.2 Å². The third kappa shape index (κ3) is 4.27. The van der Waals surface area contributed by atoms with Crippen LogP contribution in [0.25, 0.3) is 0 Å². The van der Waals surface area contributed by atoms with E-state index in [-0.39, 0.29) is 18.3 Å². The lowest BCUT2D eigenvalue weighted by Gasteiger charge is -2.20. The maximum absolute atomic E-state index is 12.0. The van der Waals surface area contributed by atoms with Gasteiger partial charge in [-0.3, -0.25) is 4.79 Å². The van der Waals surface area contributed by atoms with E-state index in [0.717, 1.165) is 18.6 Å². The summed E-state index contributed by atoms with van der Waals surface area (Å²) >= 11 is 0. The zero-order chi connectivity index (χ0) is 13.5. The Balaban J connectivity index is 1.83. The molecule has 0 bridgehead atoms. The number of benzene rings is 1. The molecule has 1 aliphatic rings. The Morgan fingerprint density at radius 3 is 2.53 bits per heavy atom. The molecule has 0 atom stereocenters. The Labute approximate surface area is 114 Å². The molecule has 0 saturated heterocycles. The van der Waals surface area contributed by atoms with Crippen LogP contribution in [0.4, 0.5) is 0 Å². The van der Waals surface area contributed by atoms with Gasteiger partial charge in [0.2, 0.25) is 0 Å². The molecule has 1 aliphatic carbocycles. The molecule has 0 amide bonds. The monoisotopic (exact) mass is 262 g/mol. The van der Waals surface area contributed by atoms with Crippen molar-refractivity contribution in [1.29, 1.82) is 0 Å². The number of ketones is 1. The van der Waals surface area contributed by atoms with Gasteiger partial charge >= 0.3 is 0 Å². The Bertz CT molecular complexity index is 408. The highest BCUT2D eigenvalue weighted by atomic mass is 16.5. The van der Waals surface area contributed by atoms with E-state index in [2.05, 4.69) is 0 Å². The van der Waals surface area contributed by atoms with Crippen LogP contribution < -0.4 is 9.47 Å². The van der Waals surface area contributed by atoms with Gasteiger partial charge in [0.25, 0.3) is 0 Å². The van der Waals surface area contributed by atoms with E-state index < -0.39 is 0 Å². The van der Waals surface area contributed by atoms with Crippen LogP contribution in [-0.4, -0.2) is 19.0 Å². The normalized spacial score (nSPS) is 16.1. The maximum Gasteiger partial charge on any atom is 0.173 e. The lowest BCUT2D eigenvalue weighted by molar-refractivity contribution is -0.125. The molecular weight excluding hydrogens is 240 g/mol. The third-order valence-corrected chi connectivity index (χ3v) is 3.56. The Morgan fingerprint density at radius 2 is 1.84 bits per heavy atom. The quantitative estimate of drug-likeness (QED) is 0.785. The number of rotatable bonds is 6. The minimum atomic E-state index is 0.181. The Hall–Kier alpha value is -1.51. The highest BCUT2D eigenvalue weighted by molar-refractivity contribution is 5.82. The lowest BCUT2D eigenvalue weighted by Crippen LogP contribution is -2.23. The van der Waals surface area contributed by atoms with Crippen molar-refractivity contribution in [1.82, 2.24) is 0 Å². The van der Waals surface area contributed by atoms with Gasteiger partial charge in [0.15, 0.2) is 5.78 Å². The minimum Gasteiger partial charge on any atom is -0.494 e. The fourth-order valence-corrected chi connectivity index (χ4v) is 2.52. The Morgan fingerprint density at radius 1 is 1.16 bits per heavy atom. The summed E-state index contributed by atoms with van der Waals surface area (Å²) in [7, 11) is 0. The molecule has 3 nitrogen and oxygen atoms in total. The summed E-state index contributed by atoms with van der Waals surface area (Å²) in [4.78, 5) is 12.0. The summed E-state index contributed by atoms with van der Waals surface area (Å²) < 4.78 is 11.0. The van der Waals surface area contributed by atoms with Crippen molar-refractivity contribution in [2.24, 2.45) is 5.92 Å². The van der Waals surface area contributed by atoms with Gasteiger partial charge in [0, 0.05) is 12.0 Å². The van der Waals surface area contributed by atoms with Crippen molar-refractivity contribution in [2.75, 3.05) is 13.2 Å². The topological polar surface area (TPSA) is 35.5 Å². The number of carbonyl (C=O) groups excluding carboxylic acids is 1. The van der Waals surface area contributed by atoms with Crippen molar-refractivity contribution in [2.45, 2.75) is 39.0 Å². The van der Waals surface area contributed by atoms with Crippen LogP contribution in [0.2, 0.25) is 0 Å². The van der Waals surface area contributed by atoms with Gasteiger partial charge in [-0.15, -0.1) is 0 Å². The molecule has 0 heterocycles. The maximum atomic E-state index is 12.0. The van der Waals surface area contributed by atoms with Crippen LogP contribution in [0.1, 0.15) is 39.0 Å². The molecule has 104 valence electrons. The summed E-state index contributed by atoms with van der Waals surface area (Å²) in [6.07, 6.45) is 5.68. The predicted molar refractivity (Wildman–Crippen MR) is 74.7 cm³/mol. The van der Waals surface area contributed by atoms with Crippen molar-refractivity contribution in [3.63, 3.8) is 0 Å². The van der Waals surface area contributed by atoms with Crippen LogP contribution in [0.5, 0.6) is 11.5 Å². The van der Waals surface area contributed by atoms with Crippen LogP contribution in [0.15, 0.2) is 24.3 Å². The zero-order valence-electron chi connectivity index (χ0n) is 11.6. The van der Waals surface area contributed by atoms with E-state index in [1.165, 1.54) is 19.3 Å². The summed E-state index contributed by atoms with van der Waals surface area (Å²) in [6.45, 7) is 2.75. The molecule has 1 saturated carbocycles. The first kappa shape index (κ1) is 13.9. The summed E-state index contributed by atoms with van der Waals surface area (Å²) in [5.74, 6) is 1.94. The van der Waals surface area contributed by atoms with E-state index >= 15 is 0 Å². The van der Waals surface area contributed by atoms with Gasteiger partial charge in [-0.1, -0.05) is 25.3 Å². The fourth-order valence-electron chi connectivity index (χ4n) is 2.52. The van der Waals surface area contributed by atoms with Crippen molar-refractivity contribution in [3.05, 3.63) is 24.3 Å². The first-order valence-electron chi connectivity index (χ1n) is 7.18. The van der Waals surface area contributed by atoms with E-state index in [1.54, 1.807) is 0 Å². The molecule has 0 spiro atoms. The molecule has 2 rings (SSSR count). The van der Waals surface area contributed by atoms with Gasteiger partial charge in [-0.2, -0.15) is 0 Å². The summed E-state index contributed by atoms with van der Waals surface area (Å²) in [5, 5.41) is 0. The molecule has 3 heteroatoms. The van der Waals surface area contributed by atoms with Crippen LogP contribution >= 0.6 is 0 Å². The smallest absolute Gasteiger partial charge is 0.173 e. The number of hydrogen-bond acceptors (Lipinski definition) is 3. The highest BCUT2D eigenvalue weighted by Crippen LogP contribution is 2.25. The second kappa shape index (κ2) is 7.17. The van der Waals surface area contributed by atoms with Crippen molar-refractivity contribution < 1.29 is 14.3 Å². The molecule has 0 aromatic heterocycles. The SMILES string of the molecule is CCOc1cccc(OCC(=O)C2CCCCC2)c1. The minimum absolute atomic E-state index is 0.181. The first-order chi connectivity index (χ1) is 9.29. The van der Waals surface area contributed by atoms with Crippen LogP contribution in [0.3, 0.4) is 0 Å². The number of carbonyl (C=O) groups is 1. The second-order valence-corrected chi connectivity index (χ2v) is 5.00. The molecule has 0 aliphatic heterocycles. The van der Waals surface area contributed by atoms with E-state index in [9.17, 15) is 4.79 Å². The van der Waals surface area contributed by atoms with E-state index in [0.29, 0.717) is 12.4 Å². The van der Waals surface area contributed by atoms with Gasteiger partial charge < -0.3 is 9.47 Å². The zero-order valence-corrected chi connectivity index (χ0v) is 11.6. The first-order valence-corrected chi connectivity index (χ1v) is 7.18. The summed E-state index contributed by atoms with van der Waals surface area (Å²) in [5.41, 5.74) is 0. The number of Topliss-reactive ketones (excluding diaryl/α,β-unsaturated/α-hetero) is 1. The molecule has 19 heavy (non-hydrogen) atoms. The van der Waals surface area contributed by atoms with Gasteiger partial charge in [0.1, 0.15) is 18.1 Å². The van der Waals surface area contributed by atoms with Crippen molar-refractivity contribution >= 4 is 5.78 Å². The summed E-state index contributed by atoms with van der Waals surface area (Å²) in [6, 6.07) is 7.46. The van der Waals surface area contributed by atoms with Crippen LogP contribution in [-0.2, 0) is 4.79 Å². The van der Waals surface area contributed by atoms with Gasteiger partial charge in [0.05, 0.1) is 6.61 Å². The average Bonchev–Trinajstić information content (AvgIpc) is 2.46. The highest BCUT2D eigenvalue weighted by Gasteiger charge is 2.21. The molecule has 1 aromatic rings. The molecule has 0 radical (unpaired) electrons. The predicted octanol–water partition coefficient (Wildman–Crippen LogP) is 3.61. The second-order valence-electron chi connectivity index (χ2n) is 5.00. The molecule has 0 N–H and O–H groups in total. The Kier molecular flexibility index (Phi) is 5.25. The number of ether oxygens (including phenoxy) is 2. The molecule has 1 fully saturated rings. The van der Waals surface area contributed by atoms with Crippen LogP contribution in [0, 0.1) is 5.92 Å². The third-order valence-electron chi connectivity index (χ3n) is 3.56. The van der Waals surface area contributed by atoms with Gasteiger partial charge in [-0.25, -0.2) is 0 Å². The van der Waals surface area contributed by atoms with Gasteiger partial charge in [-0.05, 0) is 31.9 Å². The average molecular weight is 262 g/mol. The molecule has 1 aromatic carbocycles. The largest absolute Gasteiger partial charge is 0.494 e. The fraction of sp³-hybridized carbons (Fsp3) is 0.562. The van der Waals surface area contributed by atoms with E-state index in [4.69, 9.17) is 9.47 Å². The molecular formula is C16H22O3. The lowest BCUT2D eigenvalue weighted by atomic mass is 9.86. The molecule has 0 unspecified atom stereocenters. The standard InChI is InChI=1S/C16H22O3/c1-2-18-14-9-6-10-15(11-14)19-12-16(17)13-7-4-3-5-8-13/h6,9-11,13H,2-5,7-8,12H2,1H3.